The minimum atomic E-state index is -0.585. The second kappa shape index (κ2) is 7.48. The first-order valence-electron chi connectivity index (χ1n) is 8.47. The first kappa shape index (κ1) is 18.4. The molecule has 0 spiro atoms. The van der Waals surface area contributed by atoms with Crippen LogP contribution in [0.3, 0.4) is 0 Å². The number of benzene rings is 1. The quantitative estimate of drug-likeness (QED) is 0.470. The number of aromatic nitrogens is 4. The van der Waals surface area contributed by atoms with Gasteiger partial charge in [0.15, 0.2) is 22.7 Å². The smallest absolute Gasteiger partial charge is 0.332 e. The van der Waals surface area contributed by atoms with E-state index in [1.807, 2.05) is 6.92 Å². The summed E-state index contributed by atoms with van der Waals surface area (Å²) in [6, 6.07) is 6.88. The van der Waals surface area contributed by atoms with E-state index < -0.39 is 17.2 Å². The summed E-state index contributed by atoms with van der Waals surface area (Å²) in [5.41, 5.74) is -0.637. The number of para-hydroxylation sites is 2. The molecule has 0 saturated carbocycles. The number of imidazole rings is 1. The maximum absolute atomic E-state index is 12.4. The Morgan fingerprint density at radius 1 is 1.11 bits per heavy atom. The van der Waals surface area contributed by atoms with Crippen molar-refractivity contribution in [1.29, 1.82) is 0 Å². The van der Waals surface area contributed by atoms with Crippen LogP contribution in [0.1, 0.15) is 13.3 Å². The molecule has 0 bridgehead atoms. The maximum atomic E-state index is 12.4. The number of fused-ring (bicyclic) bond motifs is 1. The molecule has 0 fully saturated rings. The molecule has 0 N–H and O–H groups in total. The van der Waals surface area contributed by atoms with E-state index in [1.54, 1.807) is 24.3 Å². The van der Waals surface area contributed by atoms with Crippen LogP contribution >= 0.6 is 0 Å². The van der Waals surface area contributed by atoms with Crippen LogP contribution in [0.5, 0.6) is 11.5 Å². The van der Waals surface area contributed by atoms with Gasteiger partial charge in [0.05, 0.1) is 12.9 Å². The van der Waals surface area contributed by atoms with E-state index in [2.05, 4.69) is 4.98 Å². The molecule has 9 heteroatoms. The van der Waals surface area contributed by atoms with Gasteiger partial charge >= 0.3 is 11.7 Å². The number of carbonyl (C=O) groups is 1. The highest BCUT2D eigenvalue weighted by molar-refractivity contribution is 5.77. The summed E-state index contributed by atoms with van der Waals surface area (Å²) in [6.45, 7) is 2.25. The zero-order chi connectivity index (χ0) is 19.6. The number of hydrogen-bond acceptors (Lipinski definition) is 6. The number of esters is 1. The Morgan fingerprint density at radius 3 is 2.52 bits per heavy atom. The number of aryl methyl sites for hydroxylation is 1. The topological polar surface area (TPSA) is 97.3 Å². The summed E-state index contributed by atoms with van der Waals surface area (Å²) >= 11 is 0. The number of ether oxygens (including phenoxy) is 2. The Kier molecular flexibility index (Phi) is 5.11. The third kappa shape index (κ3) is 3.48. The first-order valence-corrected chi connectivity index (χ1v) is 8.47. The van der Waals surface area contributed by atoms with E-state index in [0.29, 0.717) is 18.1 Å². The van der Waals surface area contributed by atoms with E-state index in [1.165, 1.54) is 29.6 Å². The van der Waals surface area contributed by atoms with Crippen molar-refractivity contribution in [3.63, 3.8) is 0 Å². The van der Waals surface area contributed by atoms with E-state index >= 15 is 0 Å². The van der Waals surface area contributed by atoms with Crippen molar-refractivity contribution in [3.05, 3.63) is 51.4 Å². The molecule has 0 aliphatic carbocycles. The molecule has 0 amide bonds. The van der Waals surface area contributed by atoms with Crippen LogP contribution in [0.15, 0.2) is 40.2 Å². The minimum absolute atomic E-state index is 0.159. The summed E-state index contributed by atoms with van der Waals surface area (Å²) in [7, 11) is 2.89. The molecule has 9 nitrogen and oxygen atoms in total. The Hall–Kier alpha value is -3.36. The van der Waals surface area contributed by atoms with Crippen LogP contribution in [-0.2, 0) is 25.4 Å². The minimum Gasteiger partial charge on any atom is -0.490 e. The van der Waals surface area contributed by atoms with Gasteiger partial charge in [-0.2, -0.15) is 0 Å². The van der Waals surface area contributed by atoms with Gasteiger partial charge in [-0.15, -0.1) is 0 Å². The molecule has 0 radical (unpaired) electrons. The zero-order valence-corrected chi connectivity index (χ0v) is 15.3. The number of hydrogen-bond donors (Lipinski definition) is 0. The number of rotatable bonds is 6. The molecule has 142 valence electrons. The van der Waals surface area contributed by atoms with Crippen LogP contribution in [0, 0.1) is 0 Å². The number of carbonyl (C=O) groups excluding carboxylic acids is 1. The fraction of sp³-hybridized carbons (Fsp3) is 0.333. The lowest BCUT2D eigenvalue weighted by atomic mass is 10.3. The van der Waals surface area contributed by atoms with Crippen molar-refractivity contribution in [3.8, 4) is 11.5 Å². The summed E-state index contributed by atoms with van der Waals surface area (Å²) in [5, 5.41) is 0. The average molecular weight is 372 g/mol. The first-order chi connectivity index (χ1) is 12.9. The number of nitrogens with zero attached hydrogens (tertiary/aromatic N) is 4. The van der Waals surface area contributed by atoms with E-state index in [0.717, 1.165) is 11.0 Å². The van der Waals surface area contributed by atoms with Crippen LogP contribution in [0.25, 0.3) is 11.2 Å². The van der Waals surface area contributed by atoms with Gasteiger partial charge in [-0.3, -0.25) is 13.9 Å². The summed E-state index contributed by atoms with van der Waals surface area (Å²) in [6.07, 6.45) is 2.16. The van der Waals surface area contributed by atoms with Crippen molar-refractivity contribution >= 4 is 17.1 Å². The zero-order valence-electron chi connectivity index (χ0n) is 15.3. The predicted molar refractivity (Wildman–Crippen MR) is 98.1 cm³/mol. The molecule has 3 aromatic rings. The highest BCUT2D eigenvalue weighted by atomic mass is 16.6. The Labute approximate surface area is 154 Å². The van der Waals surface area contributed by atoms with E-state index in [4.69, 9.17) is 9.47 Å². The summed E-state index contributed by atoms with van der Waals surface area (Å²) in [4.78, 5) is 40.9. The molecule has 0 atom stereocenters. The molecule has 2 aromatic heterocycles. The normalized spacial score (nSPS) is 10.9. The van der Waals surface area contributed by atoms with Crippen molar-refractivity contribution in [2.24, 2.45) is 14.1 Å². The Balaban J connectivity index is 1.88. The molecule has 2 heterocycles. The van der Waals surface area contributed by atoms with Crippen molar-refractivity contribution in [1.82, 2.24) is 18.7 Å². The second-order valence-corrected chi connectivity index (χ2v) is 6.02. The van der Waals surface area contributed by atoms with Crippen molar-refractivity contribution in [2.45, 2.75) is 19.9 Å². The lowest BCUT2D eigenvalue weighted by molar-refractivity contribution is -0.135. The molecule has 0 unspecified atom stereocenters. The molecule has 0 aliphatic rings. The molecule has 3 rings (SSSR count). The summed E-state index contributed by atoms with van der Waals surface area (Å²) < 4.78 is 14.6. The lowest BCUT2D eigenvalue weighted by Crippen LogP contribution is -2.37. The molecular weight excluding hydrogens is 352 g/mol. The van der Waals surface area contributed by atoms with Crippen LogP contribution < -0.4 is 20.7 Å². The maximum Gasteiger partial charge on any atom is 0.332 e. The van der Waals surface area contributed by atoms with Gasteiger partial charge < -0.3 is 14.0 Å². The standard InChI is InChI=1S/C18H20N4O5/c1-4-9-26-12-7-5-6-8-13(12)27-14(23)10-22-11-19-16-15(22)17(24)21(3)18(25)20(16)2/h5-8,11H,4,9-10H2,1-3H3. The van der Waals surface area contributed by atoms with Crippen molar-refractivity contribution < 1.29 is 14.3 Å². The van der Waals surface area contributed by atoms with Gasteiger partial charge in [0, 0.05) is 14.1 Å². The van der Waals surface area contributed by atoms with Gasteiger partial charge in [0.1, 0.15) is 6.54 Å². The summed E-state index contributed by atoms with van der Waals surface area (Å²) in [5.74, 6) is 0.194. The predicted octanol–water partition coefficient (Wildman–Crippen LogP) is 0.828. The van der Waals surface area contributed by atoms with Crippen molar-refractivity contribution in [2.75, 3.05) is 6.61 Å². The lowest BCUT2D eigenvalue weighted by Gasteiger charge is -2.11. The van der Waals surface area contributed by atoms with Crippen LogP contribution in [-0.4, -0.2) is 31.3 Å². The van der Waals surface area contributed by atoms with Gasteiger partial charge in [0.2, 0.25) is 0 Å². The van der Waals surface area contributed by atoms with Gasteiger partial charge in [-0.1, -0.05) is 19.1 Å². The molecule has 0 aliphatic heterocycles. The fourth-order valence-corrected chi connectivity index (χ4v) is 2.68. The van der Waals surface area contributed by atoms with Gasteiger partial charge in [-0.25, -0.2) is 14.6 Å². The Bertz CT molecular complexity index is 1110. The monoisotopic (exact) mass is 372 g/mol. The largest absolute Gasteiger partial charge is 0.490 e. The van der Waals surface area contributed by atoms with E-state index in [9.17, 15) is 14.4 Å². The molecule has 0 saturated heterocycles. The van der Waals surface area contributed by atoms with Gasteiger partial charge in [0.25, 0.3) is 5.56 Å². The third-order valence-electron chi connectivity index (χ3n) is 4.05. The van der Waals surface area contributed by atoms with E-state index in [-0.39, 0.29) is 17.7 Å². The van der Waals surface area contributed by atoms with Gasteiger partial charge in [-0.05, 0) is 18.6 Å². The highest BCUT2D eigenvalue weighted by Crippen LogP contribution is 2.26. The molecule has 1 aromatic carbocycles. The Morgan fingerprint density at radius 2 is 1.81 bits per heavy atom. The highest BCUT2D eigenvalue weighted by Gasteiger charge is 2.17. The SMILES string of the molecule is CCCOc1ccccc1OC(=O)Cn1cnc2c1c(=O)n(C)c(=O)n2C. The fourth-order valence-electron chi connectivity index (χ4n) is 2.68. The second-order valence-electron chi connectivity index (χ2n) is 6.02. The van der Waals surface area contributed by atoms with Crippen LogP contribution in [0.4, 0.5) is 0 Å². The van der Waals surface area contributed by atoms with Crippen LogP contribution in [0.2, 0.25) is 0 Å². The third-order valence-corrected chi connectivity index (χ3v) is 4.05. The molecular formula is C18H20N4O5. The average Bonchev–Trinajstić information content (AvgIpc) is 3.07. The molecule has 27 heavy (non-hydrogen) atoms.